The second-order valence-electron chi connectivity index (χ2n) is 4.01. The van der Waals surface area contributed by atoms with Crippen LogP contribution in [0.5, 0.6) is 5.75 Å². The Labute approximate surface area is 107 Å². The van der Waals surface area contributed by atoms with E-state index in [4.69, 9.17) is 10.5 Å². The lowest BCUT2D eigenvalue weighted by Crippen LogP contribution is -2.07. The third-order valence-electron chi connectivity index (χ3n) is 2.69. The van der Waals surface area contributed by atoms with Crippen molar-refractivity contribution in [3.63, 3.8) is 0 Å². The van der Waals surface area contributed by atoms with E-state index in [-0.39, 0.29) is 0 Å². The Hall–Kier alpha value is -2.17. The Morgan fingerprint density at radius 1 is 1.44 bits per heavy atom. The number of ether oxygens (including phenoxy) is 1. The Morgan fingerprint density at radius 3 is 3.06 bits per heavy atom. The lowest BCUT2D eigenvalue weighted by Gasteiger charge is -2.09. The molecule has 96 valence electrons. The van der Waals surface area contributed by atoms with E-state index in [1.54, 1.807) is 13.3 Å². The van der Waals surface area contributed by atoms with Gasteiger partial charge >= 0.3 is 0 Å². The summed E-state index contributed by atoms with van der Waals surface area (Å²) in [7, 11) is 1.62. The molecule has 1 heterocycles. The van der Waals surface area contributed by atoms with Crippen molar-refractivity contribution in [1.82, 2.24) is 9.78 Å². The van der Waals surface area contributed by atoms with E-state index in [1.807, 2.05) is 35.1 Å². The van der Waals surface area contributed by atoms with Crippen LogP contribution in [0.15, 0.2) is 36.7 Å². The molecule has 0 saturated heterocycles. The Balaban J connectivity index is 1.79. The molecular weight excluding hydrogens is 228 g/mol. The molecule has 0 atom stereocenters. The fourth-order valence-electron chi connectivity index (χ4n) is 1.73. The normalized spacial score (nSPS) is 10.3. The molecule has 3 N–H and O–H groups in total. The molecule has 18 heavy (non-hydrogen) atoms. The number of benzene rings is 1. The van der Waals surface area contributed by atoms with Gasteiger partial charge in [-0.3, -0.25) is 4.68 Å². The molecular formula is C13H18N4O. The van der Waals surface area contributed by atoms with Crippen LogP contribution in [-0.4, -0.2) is 23.4 Å². The molecule has 1 aromatic heterocycles. The van der Waals surface area contributed by atoms with Gasteiger partial charge in [0.15, 0.2) is 0 Å². The number of rotatable bonds is 6. The largest absolute Gasteiger partial charge is 0.495 e. The van der Waals surface area contributed by atoms with Gasteiger partial charge in [0.1, 0.15) is 5.75 Å². The number of nitrogens with zero attached hydrogens (tertiary/aromatic N) is 2. The van der Waals surface area contributed by atoms with Crippen molar-refractivity contribution in [2.45, 2.75) is 13.0 Å². The molecule has 0 fully saturated rings. The van der Waals surface area contributed by atoms with Crippen molar-refractivity contribution in [2.24, 2.45) is 0 Å². The molecule has 0 bridgehead atoms. The summed E-state index contributed by atoms with van der Waals surface area (Å²) < 4.78 is 7.09. The summed E-state index contributed by atoms with van der Waals surface area (Å²) >= 11 is 0. The fourth-order valence-corrected chi connectivity index (χ4v) is 1.73. The Bertz CT molecular complexity index is 482. The molecule has 0 aliphatic carbocycles. The van der Waals surface area contributed by atoms with Crippen LogP contribution in [0.2, 0.25) is 0 Å². The number of hydrogen-bond acceptors (Lipinski definition) is 4. The average molecular weight is 246 g/mol. The van der Waals surface area contributed by atoms with E-state index in [0.717, 1.165) is 25.2 Å². The van der Waals surface area contributed by atoms with Crippen molar-refractivity contribution in [3.8, 4) is 5.75 Å². The van der Waals surface area contributed by atoms with Gasteiger partial charge in [0, 0.05) is 37.2 Å². The molecule has 1 aromatic carbocycles. The van der Waals surface area contributed by atoms with Gasteiger partial charge < -0.3 is 15.8 Å². The van der Waals surface area contributed by atoms with Crippen molar-refractivity contribution in [1.29, 1.82) is 0 Å². The predicted octanol–water partition coefficient (Wildman–Crippen LogP) is 1.98. The molecule has 0 aliphatic rings. The van der Waals surface area contributed by atoms with Gasteiger partial charge in [0.05, 0.1) is 12.8 Å². The zero-order valence-corrected chi connectivity index (χ0v) is 10.5. The molecule has 0 spiro atoms. The summed E-state index contributed by atoms with van der Waals surface area (Å²) in [4.78, 5) is 0. The maximum absolute atomic E-state index is 5.75. The van der Waals surface area contributed by atoms with E-state index >= 15 is 0 Å². The first-order valence-electron chi connectivity index (χ1n) is 5.94. The lowest BCUT2D eigenvalue weighted by atomic mass is 10.2. The number of aromatic nitrogens is 2. The summed E-state index contributed by atoms with van der Waals surface area (Å²) in [5.41, 5.74) is 7.42. The van der Waals surface area contributed by atoms with Gasteiger partial charge in [-0.1, -0.05) is 0 Å². The third kappa shape index (κ3) is 3.16. The van der Waals surface area contributed by atoms with E-state index in [0.29, 0.717) is 11.4 Å². The van der Waals surface area contributed by atoms with Crippen LogP contribution in [-0.2, 0) is 6.54 Å². The van der Waals surface area contributed by atoms with Crippen LogP contribution in [0.4, 0.5) is 11.4 Å². The molecule has 2 aromatic rings. The topological polar surface area (TPSA) is 65.1 Å². The SMILES string of the molecule is COc1cc(NCCCn2cccn2)ccc1N. The number of nitrogens with two attached hydrogens (primary N) is 1. The van der Waals surface area contributed by atoms with Crippen LogP contribution < -0.4 is 15.8 Å². The molecule has 2 rings (SSSR count). The number of aryl methyl sites for hydroxylation is 1. The molecule has 5 nitrogen and oxygen atoms in total. The highest BCUT2D eigenvalue weighted by Gasteiger charge is 2.00. The van der Waals surface area contributed by atoms with Crippen molar-refractivity contribution in [3.05, 3.63) is 36.7 Å². The van der Waals surface area contributed by atoms with Gasteiger partial charge in [0.2, 0.25) is 0 Å². The van der Waals surface area contributed by atoms with Crippen LogP contribution in [0.25, 0.3) is 0 Å². The van der Waals surface area contributed by atoms with Crippen molar-refractivity contribution >= 4 is 11.4 Å². The molecule has 0 saturated carbocycles. The molecule has 5 heteroatoms. The summed E-state index contributed by atoms with van der Waals surface area (Å²) in [5.74, 6) is 0.701. The van der Waals surface area contributed by atoms with Gasteiger partial charge in [-0.2, -0.15) is 5.10 Å². The predicted molar refractivity (Wildman–Crippen MR) is 72.7 cm³/mol. The summed E-state index contributed by atoms with van der Waals surface area (Å²) in [6.45, 7) is 1.79. The molecule has 0 amide bonds. The summed E-state index contributed by atoms with van der Waals surface area (Å²) in [6.07, 6.45) is 4.76. The maximum Gasteiger partial charge on any atom is 0.143 e. The first kappa shape index (κ1) is 12.3. The minimum Gasteiger partial charge on any atom is -0.495 e. The second kappa shape index (κ2) is 5.95. The van der Waals surface area contributed by atoms with E-state index < -0.39 is 0 Å². The maximum atomic E-state index is 5.75. The van der Waals surface area contributed by atoms with Gasteiger partial charge in [-0.15, -0.1) is 0 Å². The first-order chi connectivity index (χ1) is 8.79. The smallest absolute Gasteiger partial charge is 0.143 e. The monoisotopic (exact) mass is 246 g/mol. The highest BCUT2D eigenvalue weighted by Crippen LogP contribution is 2.24. The van der Waals surface area contributed by atoms with E-state index in [9.17, 15) is 0 Å². The summed E-state index contributed by atoms with van der Waals surface area (Å²) in [5, 5.41) is 7.48. The highest BCUT2D eigenvalue weighted by molar-refractivity contribution is 5.61. The highest BCUT2D eigenvalue weighted by atomic mass is 16.5. The minimum atomic E-state index is 0.652. The van der Waals surface area contributed by atoms with Crippen molar-refractivity contribution < 1.29 is 4.74 Å². The number of nitrogen functional groups attached to an aromatic ring is 1. The van der Waals surface area contributed by atoms with Crippen molar-refractivity contribution in [2.75, 3.05) is 24.7 Å². The quantitative estimate of drug-likeness (QED) is 0.604. The molecule has 0 radical (unpaired) electrons. The van der Waals surface area contributed by atoms with Crippen LogP contribution >= 0.6 is 0 Å². The van der Waals surface area contributed by atoms with Crippen LogP contribution in [0.1, 0.15) is 6.42 Å². The van der Waals surface area contributed by atoms with Gasteiger partial charge in [-0.25, -0.2) is 0 Å². The Morgan fingerprint density at radius 2 is 2.33 bits per heavy atom. The molecule has 0 unspecified atom stereocenters. The number of anilines is 2. The van der Waals surface area contributed by atoms with Gasteiger partial charge in [-0.05, 0) is 24.6 Å². The van der Waals surface area contributed by atoms with Gasteiger partial charge in [0.25, 0.3) is 0 Å². The fraction of sp³-hybridized carbons (Fsp3) is 0.308. The van der Waals surface area contributed by atoms with Crippen LogP contribution in [0, 0.1) is 0 Å². The number of nitrogens with one attached hydrogen (secondary N) is 1. The zero-order valence-electron chi connectivity index (χ0n) is 10.5. The zero-order chi connectivity index (χ0) is 12.8. The molecule has 0 aliphatic heterocycles. The van der Waals surface area contributed by atoms with E-state index in [2.05, 4.69) is 10.4 Å². The van der Waals surface area contributed by atoms with E-state index in [1.165, 1.54) is 0 Å². The third-order valence-corrected chi connectivity index (χ3v) is 2.69. The average Bonchev–Trinajstić information content (AvgIpc) is 2.89. The lowest BCUT2D eigenvalue weighted by molar-refractivity contribution is 0.417. The second-order valence-corrected chi connectivity index (χ2v) is 4.01. The van der Waals surface area contributed by atoms with Crippen LogP contribution in [0.3, 0.4) is 0 Å². The summed E-state index contributed by atoms with van der Waals surface area (Å²) in [6, 6.07) is 7.63. The standard InChI is InChI=1S/C13H18N4O/c1-18-13-10-11(4-5-12(13)14)15-6-2-8-17-9-3-7-16-17/h3-5,7,9-10,15H,2,6,8,14H2,1H3. The minimum absolute atomic E-state index is 0.652. The number of hydrogen-bond donors (Lipinski definition) is 2. The number of methoxy groups -OCH3 is 1. The first-order valence-corrected chi connectivity index (χ1v) is 5.94. The Kier molecular flexibility index (Phi) is 4.06.